The third kappa shape index (κ3) is 5.53. The molecule has 4 rings (SSSR count). The Bertz CT molecular complexity index is 1030. The Morgan fingerprint density at radius 3 is 2.52 bits per heavy atom. The number of nitrogens with one attached hydrogen (secondary N) is 1. The summed E-state index contributed by atoms with van der Waals surface area (Å²) in [7, 11) is 0. The molecule has 1 amide bonds. The average Bonchev–Trinajstić information content (AvgIpc) is 3.28. The molecular formula is C21H25Cl3N6O. The van der Waals surface area contributed by atoms with Gasteiger partial charge in [0.25, 0.3) is 0 Å². The summed E-state index contributed by atoms with van der Waals surface area (Å²) >= 11 is 17.9. The van der Waals surface area contributed by atoms with Gasteiger partial charge >= 0.3 is 0 Å². The molecule has 1 saturated heterocycles. The molecule has 1 aliphatic rings. The van der Waals surface area contributed by atoms with Crippen molar-refractivity contribution in [3.8, 4) is 0 Å². The first-order chi connectivity index (χ1) is 15.0. The van der Waals surface area contributed by atoms with Crippen molar-refractivity contribution in [1.82, 2.24) is 19.5 Å². The first-order valence-electron chi connectivity index (χ1n) is 10.2. The molecule has 1 fully saturated rings. The van der Waals surface area contributed by atoms with Gasteiger partial charge in [-0.1, -0.05) is 43.1 Å². The van der Waals surface area contributed by atoms with Gasteiger partial charge in [0.1, 0.15) is 17.5 Å². The molecule has 1 aliphatic heterocycles. The number of carbonyl (C=O) groups is 1. The van der Waals surface area contributed by atoms with Crippen molar-refractivity contribution in [2.45, 2.75) is 20.4 Å². The zero-order valence-electron chi connectivity index (χ0n) is 17.5. The van der Waals surface area contributed by atoms with Crippen LogP contribution in [0.2, 0.25) is 10.0 Å². The van der Waals surface area contributed by atoms with E-state index in [0.29, 0.717) is 42.8 Å². The summed E-state index contributed by atoms with van der Waals surface area (Å²) in [4.78, 5) is 20.4. The third-order valence-electron chi connectivity index (χ3n) is 4.89. The number of amides is 1. The highest BCUT2D eigenvalue weighted by Crippen LogP contribution is 2.24. The summed E-state index contributed by atoms with van der Waals surface area (Å²) in [6.07, 6.45) is 1.71. The number of carbonyl (C=O) groups excluding carboxylic acids is 1. The maximum atomic E-state index is 11.8. The highest BCUT2D eigenvalue weighted by atomic mass is 35.5. The second-order valence-electron chi connectivity index (χ2n) is 6.69. The van der Waals surface area contributed by atoms with Gasteiger partial charge in [0.15, 0.2) is 5.65 Å². The largest absolute Gasteiger partial charge is 0.366 e. The van der Waals surface area contributed by atoms with E-state index in [-0.39, 0.29) is 11.8 Å². The number of halogens is 3. The van der Waals surface area contributed by atoms with E-state index in [1.165, 1.54) is 0 Å². The minimum absolute atomic E-state index is 0.0152. The van der Waals surface area contributed by atoms with Crippen molar-refractivity contribution in [3.05, 3.63) is 52.1 Å². The van der Waals surface area contributed by atoms with Gasteiger partial charge in [-0.3, -0.25) is 4.79 Å². The van der Waals surface area contributed by atoms with Crippen molar-refractivity contribution in [2.24, 2.45) is 0 Å². The maximum Gasteiger partial charge on any atom is 0.237 e. The number of rotatable bonds is 5. The second kappa shape index (κ2) is 10.9. The normalized spacial score (nSPS) is 13.7. The predicted molar refractivity (Wildman–Crippen MR) is 128 cm³/mol. The van der Waals surface area contributed by atoms with Crippen molar-refractivity contribution in [1.29, 1.82) is 0 Å². The highest BCUT2D eigenvalue weighted by Gasteiger charge is 2.22. The molecule has 2 aromatic heterocycles. The van der Waals surface area contributed by atoms with Gasteiger partial charge in [0, 0.05) is 54.9 Å². The topological polar surface area (TPSA) is 65.8 Å². The van der Waals surface area contributed by atoms with Crippen LogP contribution < -0.4 is 10.2 Å². The van der Waals surface area contributed by atoms with E-state index in [4.69, 9.17) is 39.8 Å². The molecule has 0 spiro atoms. The lowest BCUT2D eigenvalue weighted by Gasteiger charge is -2.35. The van der Waals surface area contributed by atoms with Gasteiger partial charge in [-0.05, 0) is 17.7 Å². The molecule has 166 valence electrons. The Morgan fingerprint density at radius 2 is 1.84 bits per heavy atom. The zero-order chi connectivity index (χ0) is 22.4. The Kier molecular flexibility index (Phi) is 8.23. The molecule has 3 aromatic rings. The number of anilines is 2. The lowest BCUT2D eigenvalue weighted by Crippen LogP contribution is -2.49. The van der Waals surface area contributed by atoms with Crippen molar-refractivity contribution in [2.75, 3.05) is 42.3 Å². The Balaban J connectivity index is 0.00000132. The van der Waals surface area contributed by atoms with Crippen LogP contribution in [0, 0.1) is 0 Å². The van der Waals surface area contributed by atoms with Crippen LogP contribution in [0.4, 0.5) is 11.6 Å². The molecule has 7 nitrogen and oxygen atoms in total. The van der Waals surface area contributed by atoms with Crippen LogP contribution in [-0.2, 0) is 11.3 Å². The van der Waals surface area contributed by atoms with Gasteiger partial charge in [0.2, 0.25) is 5.91 Å². The van der Waals surface area contributed by atoms with E-state index in [1.807, 2.05) is 38.1 Å². The zero-order valence-corrected chi connectivity index (χ0v) is 19.8. The number of nitrogens with zero attached hydrogens (tertiary/aromatic N) is 5. The minimum Gasteiger partial charge on any atom is -0.366 e. The molecule has 0 bridgehead atoms. The molecule has 10 heteroatoms. The molecular weight excluding hydrogens is 459 g/mol. The summed E-state index contributed by atoms with van der Waals surface area (Å²) in [5.74, 6) is 1.62. The van der Waals surface area contributed by atoms with Crippen molar-refractivity contribution in [3.63, 3.8) is 0 Å². The van der Waals surface area contributed by atoms with E-state index in [2.05, 4.69) is 15.3 Å². The Hall–Kier alpha value is -2.22. The second-order valence-corrected chi connectivity index (χ2v) is 7.80. The summed E-state index contributed by atoms with van der Waals surface area (Å²) in [6.45, 7) is 7.17. The number of hydrogen-bond donors (Lipinski definition) is 1. The summed E-state index contributed by atoms with van der Waals surface area (Å²) < 4.78 is 1.75. The fourth-order valence-corrected chi connectivity index (χ4v) is 3.95. The maximum absolute atomic E-state index is 11.8. The summed E-state index contributed by atoms with van der Waals surface area (Å²) in [5.41, 5.74) is 1.68. The smallest absolute Gasteiger partial charge is 0.237 e. The number of aromatic nitrogens is 3. The number of benzene rings is 1. The Morgan fingerprint density at radius 1 is 1.10 bits per heavy atom. The number of hydrogen-bond acceptors (Lipinski definition) is 5. The van der Waals surface area contributed by atoms with Crippen LogP contribution in [0.1, 0.15) is 19.4 Å². The van der Waals surface area contributed by atoms with Crippen LogP contribution in [0.25, 0.3) is 5.65 Å². The van der Waals surface area contributed by atoms with E-state index in [0.717, 1.165) is 22.8 Å². The molecule has 0 saturated carbocycles. The first kappa shape index (κ1) is 23.4. The van der Waals surface area contributed by atoms with Gasteiger partial charge in [-0.2, -0.15) is 9.61 Å². The van der Waals surface area contributed by atoms with E-state index in [1.54, 1.807) is 21.7 Å². The van der Waals surface area contributed by atoms with Crippen molar-refractivity contribution < 1.29 is 4.79 Å². The third-order valence-corrected chi connectivity index (χ3v) is 5.71. The molecule has 1 aromatic carbocycles. The van der Waals surface area contributed by atoms with Crippen LogP contribution in [0.5, 0.6) is 0 Å². The van der Waals surface area contributed by atoms with Gasteiger partial charge in [-0.15, -0.1) is 11.6 Å². The number of fused-ring (bicyclic) bond motifs is 1. The Labute approximate surface area is 196 Å². The molecule has 1 N–H and O–H groups in total. The predicted octanol–water partition coefficient (Wildman–Crippen LogP) is 4.56. The summed E-state index contributed by atoms with van der Waals surface area (Å²) in [6, 6.07) is 9.25. The molecule has 31 heavy (non-hydrogen) atoms. The lowest BCUT2D eigenvalue weighted by molar-refractivity contribution is -0.128. The van der Waals surface area contributed by atoms with E-state index in [9.17, 15) is 4.79 Å². The van der Waals surface area contributed by atoms with Crippen LogP contribution in [0.15, 0.2) is 36.5 Å². The van der Waals surface area contributed by atoms with Crippen LogP contribution in [0.3, 0.4) is 0 Å². The SMILES string of the molecule is CC.O=C(CCl)N1CCN(c2cc(NCc3ccc(Cl)cc3Cl)n3nccc3n2)CC1. The van der Waals surface area contributed by atoms with E-state index < -0.39 is 0 Å². The molecule has 0 aliphatic carbocycles. The highest BCUT2D eigenvalue weighted by molar-refractivity contribution is 6.35. The fraction of sp³-hybridized carbons (Fsp3) is 0.381. The molecule has 0 radical (unpaired) electrons. The van der Waals surface area contributed by atoms with Crippen molar-refractivity contribution >= 4 is 58.0 Å². The van der Waals surface area contributed by atoms with Crippen LogP contribution >= 0.6 is 34.8 Å². The molecule has 0 unspecified atom stereocenters. The lowest BCUT2D eigenvalue weighted by atomic mass is 10.2. The summed E-state index contributed by atoms with van der Waals surface area (Å²) in [5, 5.41) is 8.95. The number of alkyl halides is 1. The van der Waals surface area contributed by atoms with E-state index >= 15 is 0 Å². The molecule has 0 atom stereocenters. The number of piperazine rings is 1. The fourth-order valence-electron chi connectivity index (χ4n) is 3.31. The van der Waals surface area contributed by atoms with Crippen LogP contribution in [-0.4, -0.2) is 57.5 Å². The standard InChI is InChI=1S/C19H19Cl3N6O.C2H6/c20-11-19(29)27-7-5-26(6-8-27)18-10-17(28-16(25-18)3-4-24-28)23-12-13-1-2-14(21)9-15(13)22;1-2/h1-4,9-10,23H,5-8,11-12H2;1-2H3. The van der Waals surface area contributed by atoms with Gasteiger partial charge in [0.05, 0.1) is 6.20 Å². The average molecular weight is 484 g/mol. The first-order valence-corrected chi connectivity index (χ1v) is 11.5. The quantitative estimate of drug-likeness (QED) is 0.539. The molecule has 3 heterocycles. The van der Waals surface area contributed by atoms with Gasteiger partial charge in [-0.25, -0.2) is 4.98 Å². The minimum atomic E-state index is -0.0345. The van der Waals surface area contributed by atoms with Gasteiger partial charge < -0.3 is 15.1 Å². The monoisotopic (exact) mass is 482 g/mol.